The average Bonchev–Trinajstić information content (AvgIpc) is 2.62. The van der Waals surface area contributed by atoms with Crippen LogP contribution in [0.4, 0.5) is 0 Å². The highest BCUT2D eigenvalue weighted by atomic mass is 16.3. The van der Waals surface area contributed by atoms with Crippen LogP contribution in [0.2, 0.25) is 0 Å². The molecule has 2 fully saturated rings. The molecule has 0 aromatic heterocycles. The third-order valence-electron chi connectivity index (χ3n) is 5.54. The van der Waals surface area contributed by atoms with Gasteiger partial charge in [0, 0.05) is 32.2 Å². The van der Waals surface area contributed by atoms with Crippen LogP contribution in [-0.4, -0.2) is 60.9 Å². The summed E-state index contributed by atoms with van der Waals surface area (Å²) < 4.78 is 0. The topological polar surface area (TPSA) is 47.5 Å². The minimum absolute atomic E-state index is 0.468. The lowest BCUT2D eigenvalue weighted by Crippen LogP contribution is -2.46. The predicted molar refractivity (Wildman–Crippen MR) is 120 cm³/mol. The van der Waals surface area contributed by atoms with Gasteiger partial charge >= 0.3 is 0 Å². The minimum atomic E-state index is -0.468. The summed E-state index contributed by atoms with van der Waals surface area (Å²) in [6.07, 6.45) is 4.80. The predicted octanol–water partition coefficient (Wildman–Crippen LogP) is 4.14. The van der Waals surface area contributed by atoms with E-state index in [1.54, 1.807) is 0 Å². The molecule has 0 unspecified atom stereocenters. The summed E-state index contributed by atoms with van der Waals surface area (Å²) in [5.74, 6) is 2.59. The van der Waals surface area contributed by atoms with Crippen molar-refractivity contribution in [3.8, 4) is 0 Å². The van der Waals surface area contributed by atoms with E-state index in [1.807, 2.05) is 13.8 Å². The molecule has 0 aliphatic carbocycles. The monoisotopic (exact) mass is 385 g/mol. The lowest BCUT2D eigenvalue weighted by Gasteiger charge is -2.30. The zero-order valence-electron chi connectivity index (χ0n) is 19.8. The first-order valence-electron chi connectivity index (χ1n) is 11.4. The van der Waals surface area contributed by atoms with Gasteiger partial charge in [-0.3, -0.25) is 4.90 Å². The Bertz CT molecular complexity index is 303. The zero-order chi connectivity index (χ0) is 20.9. The quantitative estimate of drug-likeness (QED) is 0.666. The normalized spacial score (nSPS) is 19.6. The molecule has 0 aromatic carbocycles. The summed E-state index contributed by atoms with van der Waals surface area (Å²) in [6, 6.07) is 0.729. The molecule has 0 amide bonds. The van der Waals surface area contributed by atoms with Gasteiger partial charge < -0.3 is 15.7 Å². The largest absolute Gasteiger partial charge is 0.390 e. The molecule has 2 saturated heterocycles. The van der Waals surface area contributed by atoms with Gasteiger partial charge in [-0.2, -0.15) is 0 Å². The molecule has 0 spiro atoms. The Morgan fingerprint density at radius 2 is 1.37 bits per heavy atom. The second-order valence-corrected chi connectivity index (χ2v) is 9.96. The Hall–Kier alpha value is -0.160. The van der Waals surface area contributed by atoms with E-state index in [1.165, 1.54) is 39.0 Å². The van der Waals surface area contributed by atoms with Gasteiger partial charge in [0.1, 0.15) is 0 Å². The lowest BCUT2D eigenvalue weighted by atomic mass is 9.87. The number of hydrogen-bond acceptors (Lipinski definition) is 4. The summed E-state index contributed by atoms with van der Waals surface area (Å²) in [4.78, 5) is 2.50. The molecule has 0 atom stereocenters. The number of nitrogens with zero attached hydrogens (tertiary/aromatic N) is 1. The molecular weight excluding hydrogens is 334 g/mol. The van der Waals surface area contributed by atoms with E-state index < -0.39 is 5.60 Å². The molecule has 0 radical (unpaired) electrons. The molecule has 4 heteroatoms. The second kappa shape index (κ2) is 14.8. The molecule has 0 aromatic rings. The van der Waals surface area contributed by atoms with E-state index in [2.05, 4.69) is 57.1 Å². The van der Waals surface area contributed by atoms with Gasteiger partial charge in [0.25, 0.3) is 0 Å². The first kappa shape index (κ1) is 26.8. The van der Waals surface area contributed by atoms with Gasteiger partial charge in [-0.25, -0.2) is 0 Å². The van der Waals surface area contributed by atoms with E-state index in [9.17, 15) is 5.11 Å². The van der Waals surface area contributed by atoms with Crippen LogP contribution >= 0.6 is 0 Å². The van der Waals surface area contributed by atoms with Crippen LogP contribution in [0.3, 0.4) is 0 Å². The van der Waals surface area contributed by atoms with Gasteiger partial charge in [-0.05, 0) is 84.2 Å². The number of piperidine rings is 1. The van der Waals surface area contributed by atoms with Crippen molar-refractivity contribution in [3.63, 3.8) is 0 Å². The van der Waals surface area contributed by atoms with Crippen molar-refractivity contribution in [2.45, 2.75) is 92.7 Å². The highest BCUT2D eigenvalue weighted by Gasteiger charge is 2.15. The maximum Gasteiger partial charge on any atom is 0.0591 e. The second-order valence-electron chi connectivity index (χ2n) is 9.96. The highest BCUT2D eigenvalue weighted by molar-refractivity contribution is 4.71. The summed E-state index contributed by atoms with van der Waals surface area (Å²) in [6.45, 7) is 24.5. The molecule has 0 bridgehead atoms. The Kier molecular flexibility index (Phi) is 14.7. The molecule has 164 valence electrons. The first-order valence-corrected chi connectivity index (χ1v) is 11.4. The number of aliphatic hydroxyl groups is 1. The van der Waals surface area contributed by atoms with Crippen molar-refractivity contribution >= 4 is 0 Å². The third kappa shape index (κ3) is 16.5. The highest BCUT2D eigenvalue weighted by Crippen LogP contribution is 2.20. The van der Waals surface area contributed by atoms with E-state index in [-0.39, 0.29) is 0 Å². The van der Waals surface area contributed by atoms with Crippen LogP contribution in [0, 0.1) is 17.8 Å². The van der Waals surface area contributed by atoms with Crippen molar-refractivity contribution < 1.29 is 5.11 Å². The maximum atomic E-state index is 9.27. The fourth-order valence-electron chi connectivity index (χ4n) is 3.35. The number of nitrogens with one attached hydrogen (secondary N) is 2. The van der Waals surface area contributed by atoms with Gasteiger partial charge in [0.05, 0.1) is 5.60 Å². The van der Waals surface area contributed by atoms with Crippen molar-refractivity contribution in [3.05, 3.63) is 0 Å². The van der Waals surface area contributed by atoms with Crippen LogP contribution < -0.4 is 10.6 Å². The Morgan fingerprint density at radius 1 is 0.889 bits per heavy atom. The minimum Gasteiger partial charge on any atom is -0.390 e. The van der Waals surface area contributed by atoms with E-state index in [0.717, 1.165) is 43.8 Å². The molecule has 2 rings (SSSR count). The van der Waals surface area contributed by atoms with Crippen LogP contribution in [0.1, 0.15) is 81.1 Å². The van der Waals surface area contributed by atoms with Crippen LogP contribution in [0.25, 0.3) is 0 Å². The SMILES string of the molecule is CC(C)C1CCNCC1.CC(C)CCC(C)(C)O.CC(C)N1CCNCC1. The van der Waals surface area contributed by atoms with Crippen molar-refractivity contribution in [1.82, 2.24) is 15.5 Å². The fraction of sp³-hybridized carbons (Fsp3) is 1.00. The Labute approximate surface area is 170 Å². The smallest absolute Gasteiger partial charge is 0.0591 e. The van der Waals surface area contributed by atoms with Gasteiger partial charge in [-0.15, -0.1) is 0 Å². The van der Waals surface area contributed by atoms with Crippen LogP contribution in [-0.2, 0) is 0 Å². The summed E-state index contributed by atoms with van der Waals surface area (Å²) >= 11 is 0. The summed E-state index contributed by atoms with van der Waals surface area (Å²) in [5.41, 5.74) is -0.468. The van der Waals surface area contributed by atoms with Crippen molar-refractivity contribution in [2.24, 2.45) is 17.8 Å². The van der Waals surface area contributed by atoms with E-state index in [0.29, 0.717) is 5.92 Å². The van der Waals surface area contributed by atoms with Gasteiger partial charge in [0.2, 0.25) is 0 Å². The molecule has 0 saturated carbocycles. The van der Waals surface area contributed by atoms with Crippen LogP contribution in [0.15, 0.2) is 0 Å². The molecule has 2 aliphatic rings. The maximum absolute atomic E-state index is 9.27. The Morgan fingerprint density at radius 3 is 1.63 bits per heavy atom. The van der Waals surface area contributed by atoms with Crippen molar-refractivity contribution in [1.29, 1.82) is 0 Å². The van der Waals surface area contributed by atoms with E-state index >= 15 is 0 Å². The number of rotatable bonds is 5. The van der Waals surface area contributed by atoms with Crippen molar-refractivity contribution in [2.75, 3.05) is 39.3 Å². The van der Waals surface area contributed by atoms with E-state index in [4.69, 9.17) is 0 Å². The first-order chi connectivity index (χ1) is 12.5. The average molecular weight is 386 g/mol. The molecular formula is C23H51N3O. The molecule has 2 aliphatic heterocycles. The van der Waals surface area contributed by atoms with Crippen LogP contribution in [0.5, 0.6) is 0 Å². The summed E-state index contributed by atoms with van der Waals surface area (Å²) in [7, 11) is 0. The Balaban J connectivity index is 0.000000376. The number of piperazine rings is 1. The lowest BCUT2D eigenvalue weighted by molar-refractivity contribution is 0.0650. The summed E-state index contributed by atoms with van der Waals surface area (Å²) in [5, 5.41) is 16.0. The zero-order valence-corrected chi connectivity index (χ0v) is 19.8. The third-order valence-corrected chi connectivity index (χ3v) is 5.54. The standard InChI is InChI=1S/C8H17N.C8H18O.C7H16N2/c1-7(2)8-3-5-9-6-4-8;1-7(2)5-6-8(3,4)9;1-7(2)9-5-3-8-4-6-9/h7-9H,3-6H2,1-2H3;7,9H,5-6H2,1-4H3;7-8H,3-6H2,1-2H3. The molecule has 2 heterocycles. The van der Waals surface area contributed by atoms with Gasteiger partial charge in [0.15, 0.2) is 0 Å². The molecule has 27 heavy (non-hydrogen) atoms. The number of hydrogen-bond donors (Lipinski definition) is 3. The van der Waals surface area contributed by atoms with Gasteiger partial charge in [-0.1, -0.05) is 27.7 Å². The molecule has 4 nitrogen and oxygen atoms in total. The molecule has 3 N–H and O–H groups in total. The fourth-order valence-corrected chi connectivity index (χ4v) is 3.35.